The molecule has 0 radical (unpaired) electrons. The van der Waals surface area contributed by atoms with Gasteiger partial charge in [0, 0.05) is 17.6 Å². The number of alkyl halides is 3. The van der Waals surface area contributed by atoms with Crippen molar-refractivity contribution >= 4 is 23.1 Å². The summed E-state index contributed by atoms with van der Waals surface area (Å²) in [6.07, 6.45) is -3.03. The number of aromatic nitrogens is 2. The average molecular weight is 402 g/mol. The Morgan fingerprint density at radius 2 is 1.72 bits per heavy atom. The van der Waals surface area contributed by atoms with E-state index < -0.39 is 11.7 Å². The highest BCUT2D eigenvalue weighted by atomic mass is 19.4. The predicted molar refractivity (Wildman–Crippen MR) is 107 cm³/mol. The lowest BCUT2D eigenvalue weighted by molar-refractivity contribution is -0.137. The second-order valence-corrected chi connectivity index (χ2v) is 6.21. The standard InChI is InChI=1S/C21H21F3N4O/c1-3-14-6-5-7-16(12-14)26-19-18(21(22,23)24)13-25-20(28-19)27-15-8-10-17(11-9-15)29-4-2/h5-13H,3-4H2,1-2H3,(H2,25,26,27,28). The van der Waals surface area contributed by atoms with Crippen LogP contribution >= 0.6 is 0 Å². The molecule has 0 amide bonds. The number of benzene rings is 2. The van der Waals surface area contributed by atoms with Crippen LogP contribution in [0.4, 0.5) is 36.3 Å². The molecule has 0 bridgehead atoms. The first-order chi connectivity index (χ1) is 13.9. The SMILES string of the molecule is CCOc1ccc(Nc2ncc(C(F)(F)F)c(Nc3cccc(CC)c3)n2)cc1. The van der Waals surface area contributed by atoms with Crippen molar-refractivity contribution in [3.8, 4) is 5.75 Å². The molecule has 0 aliphatic heterocycles. The van der Waals surface area contributed by atoms with E-state index in [1.165, 1.54) is 0 Å². The minimum Gasteiger partial charge on any atom is -0.494 e. The number of ether oxygens (including phenoxy) is 1. The summed E-state index contributed by atoms with van der Waals surface area (Å²) in [7, 11) is 0. The molecule has 2 N–H and O–H groups in total. The van der Waals surface area contributed by atoms with Gasteiger partial charge in [-0.3, -0.25) is 0 Å². The van der Waals surface area contributed by atoms with E-state index in [0.717, 1.165) is 18.2 Å². The van der Waals surface area contributed by atoms with Gasteiger partial charge >= 0.3 is 6.18 Å². The van der Waals surface area contributed by atoms with Gasteiger partial charge in [0.1, 0.15) is 17.1 Å². The van der Waals surface area contributed by atoms with Crippen LogP contribution in [0, 0.1) is 0 Å². The van der Waals surface area contributed by atoms with Gasteiger partial charge in [-0.1, -0.05) is 19.1 Å². The third kappa shape index (κ3) is 5.37. The normalized spacial score (nSPS) is 11.2. The Morgan fingerprint density at radius 1 is 0.966 bits per heavy atom. The van der Waals surface area contributed by atoms with Crippen molar-refractivity contribution in [2.24, 2.45) is 0 Å². The van der Waals surface area contributed by atoms with E-state index in [2.05, 4.69) is 20.6 Å². The Bertz CT molecular complexity index is 959. The summed E-state index contributed by atoms with van der Waals surface area (Å²) in [4.78, 5) is 7.88. The Balaban J connectivity index is 1.88. The Morgan fingerprint density at radius 3 is 2.38 bits per heavy atom. The fourth-order valence-electron chi connectivity index (χ4n) is 2.68. The number of nitrogens with zero attached hydrogens (tertiary/aromatic N) is 2. The highest BCUT2D eigenvalue weighted by molar-refractivity contribution is 5.63. The lowest BCUT2D eigenvalue weighted by Crippen LogP contribution is -2.12. The van der Waals surface area contributed by atoms with Crippen molar-refractivity contribution in [2.75, 3.05) is 17.2 Å². The predicted octanol–water partition coefficient (Wildman–Crippen LogP) is 5.94. The Kier molecular flexibility index (Phi) is 6.21. The van der Waals surface area contributed by atoms with Crippen LogP contribution in [0.25, 0.3) is 0 Å². The summed E-state index contributed by atoms with van der Waals surface area (Å²) in [5, 5.41) is 5.69. The van der Waals surface area contributed by atoms with Crippen LogP contribution in [0.3, 0.4) is 0 Å². The van der Waals surface area contributed by atoms with Gasteiger partial charge in [0.05, 0.1) is 6.61 Å². The zero-order chi connectivity index (χ0) is 20.9. The van der Waals surface area contributed by atoms with Crippen LogP contribution in [-0.2, 0) is 12.6 Å². The third-order valence-corrected chi connectivity index (χ3v) is 4.11. The van der Waals surface area contributed by atoms with Gasteiger partial charge < -0.3 is 15.4 Å². The molecule has 0 saturated carbocycles. The van der Waals surface area contributed by atoms with Gasteiger partial charge in [0.15, 0.2) is 0 Å². The first kappa shape index (κ1) is 20.4. The van der Waals surface area contributed by atoms with Crippen molar-refractivity contribution < 1.29 is 17.9 Å². The van der Waals surface area contributed by atoms with Crippen LogP contribution in [0.5, 0.6) is 5.75 Å². The summed E-state index contributed by atoms with van der Waals surface area (Å²) in [5.74, 6) is 0.440. The van der Waals surface area contributed by atoms with Gasteiger partial charge in [-0.05, 0) is 55.3 Å². The van der Waals surface area contributed by atoms with E-state index in [0.29, 0.717) is 23.7 Å². The van der Waals surface area contributed by atoms with Gasteiger partial charge in [-0.15, -0.1) is 0 Å². The quantitative estimate of drug-likeness (QED) is 0.512. The molecular formula is C21H21F3N4O. The van der Waals surface area contributed by atoms with Crippen LogP contribution in [0.15, 0.2) is 54.7 Å². The van der Waals surface area contributed by atoms with Crippen LogP contribution in [-0.4, -0.2) is 16.6 Å². The highest BCUT2D eigenvalue weighted by Crippen LogP contribution is 2.35. The van der Waals surface area contributed by atoms with E-state index in [9.17, 15) is 13.2 Å². The van der Waals surface area contributed by atoms with E-state index in [4.69, 9.17) is 4.74 Å². The molecule has 152 valence electrons. The number of halogens is 3. The second kappa shape index (κ2) is 8.81. The van der Waals surface area contributed by atoms with E-state index in [1.54, 1.807) is 42.5 Å². The van der Waals surface area contributed by atoms with E-state index in [-0.39, 0.29) is 11.8 Å². The summed E-state index contributed by atoms with van der Waals surface area (Å²) in [6, 6.07) is 14.2. The molecule has 1 heterocycles. The Hall–Kier alpha value is -3.29. The maximum Gasteiger partial charge on any atom is 0.421 e. The fourth-order valence-corrected chi connectivity index (χ4v) is 2.68. The molecule has 0 spiro atoms. The lowest BCUT2D eigenvalue weighted by Gasteiger charge is -2.15. The van der Waals surface area contributed by atoms with Crippen molar-refractivity contribution in [1.82, 2.24) is 9.97 Å². The summed E-state index contributed by atoms with van der Waals surface area (Å²) in [6.45, 7) is 4.40. The largest absolute Gasteiger partial charge is 0.494 e. The minimum atomic E-state index is -4.58. The average Bonchev–Trinajstić information content (AvgIpc) is 2.69. The maximum atomic E-state index is 13.4. The molecule has 0 saturated heterocycles. The molecule has 1 aromatic heterocycles. The first-order valence-electron chi connectivity index (χ1n) is 9.19. The zero-order valence-corrected chi connectivity index (χ0v) is 16.0. The number of aryl methyl sites for hydroxylation is 1. The van der Waals surface area contributed by atoms with Crippen molar-refractivity contribution in [3.63, 3.8) is 0 Å². The first-order valence-corrected chi connectivity index (χ1v) is 9.19. The lowest BCUT2D eigenvalue weighted by atomic mass is 10.1. The molecule has 0 aliphatic carbocycles. The molecule has 8 heteroatoms. The number of nitrogens with one attached hydrogen (secondary N) is 2. The molecule has 0 fully saturated rings. The minimum absolute atomic E-state index is 0.0521. The molecule has 29 heavy (non-hydrogen) atoms. The van der Waals surface area contributed by atoms with Gasteiger partial charge in [0.2, 0.25) is 5.95 Å². The molecule has 0 aliphatic rings. The summed E-state index contributed by atoms with van der Waals surface area (Å²) in [5.41, 5.74) is 1.23. The zero-order valence-electron chi connectivity index (χ0n) is 16.0. The molecule has 0 unspecified atom stereocenters. The number of anilines is 4. The smallest absolute Gasteiger partial charge is 0.421 e. The molecule has 0 atom stereocenters. The van der Waals surface area contributed by atoms with Crippen LogP contribution in [0.1, 0.15) is 25.0 Å². The van der Waals surface area contributed by atoms with Crippen molar-refractivity contribution in [2.45, 2.75) is 26.4 Å². The van der Waals surface area contributed by atoms with Gasteiger partial charge in [-0.25, -0.2) is 4.98 Å². The molecule has 3 rings (SSSR count). The number of hydrogen-bond donors (Lipinski definition) is 2. The molecule has 5 nitrogen and oxygen atoms in total. The second-order valence-electron chi connectivity index (χ2n) is 6.21. The fraction of sp³-hybridized carbons (Fsp3) is 0.238. The van der Waals surface area contributed by atoms with Crippen molar-refractivity contribution in [1.29, 1.82) is 0 Å². The van der Waals surface area contributed by atoms with E-state index in [1.807, 2.05) is 19.9 Å². The monoisotopic (exact) mass is 402 g/mol. The van der Waals surface area contributed by atoms with Crippen LogP contribution < -0.4 is 15.4 Å². The van der Waals surface area contributed by atoms with Gasteiger partial charge in [-0.2, -0.15) is 18.2 Å². The van der Waals surface area contributed by atoms with Crippen molar-refractivity contribution in [3.05, 3.63) is 65.9 Å². The third-order valence-electron chi connectivity index (χ3n) is 4.11. The summed E-state index contributed by atoms with van der Waals surface area (Å²) >= 11 is 0. The number of hydrogen-bond acceptors (Lipinski definition) is 5. The Labute approximate surface area is 167 Å². The van der Waals surface area contributed by atoms with Crippen LogP contribution in [0.2, 0.25) is 0 Å². The molecule has 2 aromatic carbocycles. The topological polar surface area (TPSA) is 59.1 Å². The summed E-state index contributed by atoms with van der Waals surface area (Å²) < 4.78 is 45.6. The molecular weight excluding hydrogens is 381 g/mol. The number of rotatable bonds is 7. The maximum absolute atomic E-state index is 13.4. The van der Waals surface area contributed by atoms with E-state index >= 15 is 0 Å². The molecule has 3 aromatic rings. The highest BCUT2D eigenvalue weighted by Gasteiger charge is 2.35. The van der Waals surface area contributed by atoms with Gasteiger partial charge in [0.25, 0.3) is 0 Å².